The van der Waals surface area contributed by atoms with E-state index in [-0.39, 0.29) is 23.3 Å². The van der Waals surface area contributed by atoms with E-state index in [0.29, 0.717) is 24.1 Å². The number of benzene rings is 1. The molecule has 0 N–H and O–H groups in total. The Hall–Kier alpha value is -2.02. The zero-order valence-electron chi connectivity index (χ0n) is 17.4. The minimum absolute atomic E-state index is 0.148. The lowest BCUT2D eigenvalue weighted by Gasteiger charge is -2.32. The molecule has 30 heavy (non-hydrogen) atoms. The lowest BCUT2D eigenvalue weighted by Crippen LogP contribution is -2.27. The number of aromatic nitrogens is 1. The molecular weight excluding hydrogens is 395 g/mol. The number of halogens is 3. The summed E-state index contributed by atoms with van der Waals surface area (Å²) in [5, 5.41) is 4.15. The van der Waals surface area contributed by atoms with Crippen molar-refractivity contribution in [2.45, 2.75) is 77.4 Å². The molecule has 4 nitrogen and oxygen atoms in total. The van der Waals surface area contributed by atoms with Crippen molar-refractivity contribution < 1.29 is 27.2 Å². The number of hydrogen-bond donors (Lipinski definition) is 0. The second-order valence-electron chi connectivity index (χ2n) is 8.71. The molecule has 2 saturated carbocycles. The standard InChI is InChI=1S/C23H28F3NO3/c1-3-15-10-14(2)11-17(12-15)28-13-19-21(27-30-22(19)16-8-9-16)18-6-4-5-7-20(18)29-23(24,25)26/h4-7,14-17H,3,8-13H2,1-2H3/t14?,15-,17?/m1/s1. The molecule has 7 heteroatoms. The van der Waals surface area contributed by atoms with Crippen LogP contribution in [0.15, 0.2) is 28.8 Å². The zero-order valence-corrected chi connectivity index (χ0v) is 17.4. The van der Waals surface area contributed by atoms with E-state index in [9.17, 15) is 13.2 Å². The van der Waals surface area contributed by atoms with Gasteiger partial charge in [-0.25, -0.2) is 0 Å². The van der Waals surface area contributed by atoms with E-state index in [2.05, 4.69) is 23.7 Å². The molecule has 2 aliphatic rings. The highest BCUT2D eigenvalue weighted by Gasteiger charge is 2.36. The summed E-state index contributed by atoms with van der Waals surface area (Å²) < 4.78 is 54.8. The summed E-state index contributed by atoms with van der Waals surface area (Å²) in [6, 6.07) is 6.06. The molecule has 0 aliphatic heterocycles. The molecule has 0 radical (unpaired) electrons. The van der Waals surface area contributed by atoms with E-state index in [1.807, 2.05) is 0 Å². The van der Waals surface area contributed by atoms with Crippen LogP contribution in [0.25, 0.3) is 11.3 Å². The minimum Gasteiger partial charge on any atom is -0.405 e. The van der Waals surface area contributed by atoms with Crippen molar-refractivity contribution in [1.29, 1.82) is 0 Å². The fraction of sp³-hybridized carbons (Fsp3) is 0.609. The number of rotatable bonds is 7. The summed E-state index contributed by atoms with van der Waals surface area (Å²) in [5.41, 5.74) is 1.40. The second-order valence-corrected chi connectivity index (χ2v) is 8.71. The predicted octanol–water partition coefficient (Wildman–Crippen LogP) is 6.85. The van der Waals surface area contributed by atoms with Crippen molar-refractivity contribution >= 4 is 0 Å². The largest absolute Gasteiger partial charge is 0.573 e. The summed E-state index contributed by atoms with van der Waals surface area (Å²) in [6.07, 6.45) is 1.76. The maximum atomic E-state index is 12.9. The van der Waals surface area contributed by atoms with Gasteiger partial charge < -0.3 is 14.0 Å². The predicted molar refractivity (Wildman–Crippen MR) is 106 cm³/mol. The van der Waals surface area contributed by atoms with E-state index >= 15 is 0 Å². The van der Waals surface area contributed by atoms with Crippen molar-refractivity contribution in [1.82, 2.24) is 5.16 Å². The molecule has 2 aromatic rings. The minimum atomic E-state index is -4.77. The summed E-state index contributed by atoms with van der Waals surface area (Å²) in [7, 11) is 0. The molecule has 2 aliphatic carbocycles. The number of para-hydroxylation sites is 1. The molecule has 164 valence electrons. The van der Waals surface area contributed by atoms with Crippen LogP contribution in [-0.4, -0.2) is 17.6 Å². The smallest absolute Gasteiger partial charge is 0.405 e. The summed E-state index contributed by atoms with van der Waals surface area (Å²) in [6.45, 7) is 4.75. The molecule has 3 atom stereocenters. The number of nitrogens with zero attached hydrogens (tertiary/aromatic N) is 1. The Bertz CT molecular complexity index is 860. The molecule has 0 bridgehead atoms. The third kappa shape index (κ3) is 4.99. The third-order valence-corrected chi connectivity index (χ3v) is 6.17. The number of alkyl halides is 3. The highest BCUT2D eigenvalue weighted by Crippen LogP contribution is 2.46. The summed E-state index contributed by atoms with van der Waals surface area (Å²) in [4.78, 5) is 0. The van der Waals surface area contributed by atoms with Gasteiger partial charge in [0.25, 0.3) is 0 Å². The Morgan fingerprint density at radius 2 is 1.90 bits per heavy atom. The Morgan fingerprint density at radius 3 is 2.60 bits per heavy atom. The summed E-state index contributed by atoms with van der Waals surface area (Å²) >= 11 is 0. The van der Waals surface area contributed by atoms with Crippen molar-refractivity contribution in [2.24, 2.45) is 11.8 Å². The van der Waals surface area contributed by atoms with Gasteiger partial charge in [-0.2, -0.15) is 0 Å². The first-order valence-corrected chi connectivity index (χ1v) is 10.8. The molecule has 2 fully saturated rings. The van der Waals surface area contributed by atoms with E-state index in [0.717, 1.165) is 43.4 Å². The topological polar surface area (TPSA) is 44.5 Å². The average molecular weight is 423 g/mol. The molecule has 1 heterocycles. The highest BCUT2D eigenvalue weighted by atomic mass is 19.4. The van der Waals surface area contributed by atoms with Gasteiger partial charge in [-0.1, -0.05) is 37.6 Å². The van der Waals surface area contributed by atoms with E-state index in [4.69, 9.17) is 9.26 Å². The maximum Gasteiger partial charge on any atom is 0.573 e. The SMILES string of the molecule is CC[C@@H]1CC(C)CC(OCc2c(-c3ccccc3OC(F)(F)F)noc2C2CC2)C1. The quantitative estimate of drug-likeness (QED) is 0.489. The van der Waals surface area contributed by atoms with Crippen LogP contribution >= 0.6 is 0 Å². The zero-order chi connectivity index (χ0) is 21.3. The first-order chi connectivity index (χ1) is 14.3. The average Bonchev–Trinajstić information content (AvgIpc) is 3.45. The van der Waals surface area contributed by atoms with Gasteiger partial charge in [0.2, 0.25) is 0 Å². The molecule has 0 spiro atoms. The van der Waals surface area contributed by atoms with Crippen LogP contribution in [0.4, 0.5) is 13.2 Å². The lowest BCUT2D eigenvalue weighted by molar-refractivity contribution is -0.274. The molecule has 0 saturated heterocycles. The Labute approximate surface area is 174 Å². The molecule has 1 aromatic heterocycles. The summed E-state index contributed by atoms with van der Waals surface area (Å²) in [5.74, 6) is 2.00. The van der Waals surface area contributed by atoms with Gasteiger partial charge in [-0.3, -0.25) is 0 Å². The first kappa shape index (κ1) is 21.2. The van der Waals surface area contributed by atoms with Crippen LogP contribution in [0, 0.1) is 11.8 Å². The van der Waals surface area contributed by atoms with Crippen LogP contribution in [0.1, 0.15) is 69.6 Å². The van der Waals surface area contributed by atoms with Gasteiger partial charge in [0, 0.05) is 17.0 Å². The van der Waals surface area contributed by atoms with Gasteiger partial charge >= 0.3 is 6.36 Å². The Morgan fingerprint density at radius 1 is 1.13 bits per heavy atom. The van der Waals surface area contributed by atoms with E-state index in [1.165, 1.54) is 18.6 Å². The van der Waals surface area contributed by atoms with Crippen LogP contribution in [0.5, 0.6) is 5.75 Å². The number of hydrogen-bond acceptors (Lipinski definition) is 4. The highest BCUT2D eigenvalue weighted by molar-refractivity contribution is 5.70. The van der Waals surface area contributed by atoms with Crippen LogP contribution < -0.4 is 4.74 Å². The van der Waals surface area contributed by atoms with Crippen molar-refractivity contribution in [2.75, 3.05) is 0 Å². The second kappa shape index (κ2) is 8.61. The molecule has 0 amide bonds. The van der Waals surface area contributed by atoms with E-state index in [1.54, 1.807) is 12.1 Å². The van der Waals surface area contributed by atoms with Gasteiger partial charge in [0.1, 0.15) is 17.2 Å². The first-order valence-electron chi connectivity index (χ1n) is 10.8. The van der Waals surface area contributed by atoms with Crippen molar-refractivity contribution in [3.63, 3.8) is 0 Å². The fourth-order valence-electron chi connectivity index (χ4n) is 4.56. The molecule has 4 rings (SSSR count). The molecule has 2 unspecified atom stereocenters. The van der Waals surface area contributed by atoms with Gasteiger partial charge in [-0.05, 0) is 56.1 Å². The van der Waals surface area contributed by atoms with Crippen LogP contribution in [0.3, 0.4) is 0 Å². The maximum absolute atomic E-state index is 12.9. The van der Waals surface area contributed by atoms with Crippen molar-refractivity contribution in [3.05, 3.63) is 35.6 Å². The third-order valence-electron chi connectivity index (χ3n) is 6.17. The van der Waals surface area contributed by atoms with E-state index < -0.39 is 6.36 Å². The Balaban J connectivity index is 1.59. The molecular formula is C23H28F3NO3. The molecule has 1 aromatic carbocycles. The Kier molecular flexibility index (Phi) is 6.09. The van der Waals surface area contributed by atoms with Crippen molar-refractivity contribution in [3.8, 4) is 17.0 Å². The monoisotopic (exact) mass is 423 g/mol. The van der Waals surface area contributed by atoms with Crippen LogP contribution in [-0.2, 0) is 11.3 Å². The lowest BCUT2D eigenvalue weighted by atomic mass is 9.79. The number of ether oxygens (including phenoxy) is 2. The normalized spacial score (nSPS) is 24.8. The van der Waals surface area contributed by atoms with Gasteiger partial charge in [0.15, 0.2) is 0 Å². The fourth-order valence-corrected chi connectivity index (χ4v) is 4.56. The van der Waals surface area contributed by atoms with Gasteiger partial charge in [0.05, 0.1) is 12.7 Å². The van der Waals surface area contributed by atoms with Gasteiger partial charge in [-0.15, -0.1) is 13.2 Å². The van der Waals surface area contributed by atoms with Crippen LogP contribution in [0.2, 0.25) is 0 Å².